The molecule has 0 aromatic heterocycles. The average molecular weight is 380 g/mol. The Morgan fingerprint density at radius 1 is 0.821 bits per heavy atom. The van der Waals surface area contributed by atoms with Crippen LogP contribution in [0.2, 0.25) is 0 Å². The summed E-state index contributed by atoms with van der Waals surface area (Å²) in [6.07, 6.45) is 0. The molecule has 0 aliphatic carbocycles. The van der Waals surface area contributed by atoms with Crippen molar-refractivity contribution in [3.8, 4) is 11.5 Å². The highest BCUT2D eigenvalue weighted by atomic mass is 16.5. The maximum absolute atomic E-state index is 13.2. The van der Waals surface area contributed by atoms with Gasteiger partial charge in [0.1, 0.15) is 11.5 Å². The molecule has 4 rings (SSSR count). The van der Waals surface area contributed by atoms with Crippen molar-refractivity contribution >= 4 is 23.2 Å². The summed E-state index contributed by atoms with van der Waals surface area (Å²) in [6, 6.07) is 9.10. The number of hydrogen-bond donors (Lipinski definition) is 0. The highest BCUT2D eigenvalue weighted by Crippen LogP contribution is 2.38. The van der Waals surface area contributed by atoms with Crippen LogP contribution in [-0.2, 0) is 9.59 Å². The minimum Gasteiger partial charge on any atom is -0.497 e. The van der Waals surface area contributed by atoms with Gasteiger partial charge in [0.05, 0.1) is 25.6 Å². The van der Waals surface area contributed by atoms with Crippen LogP contribution in [0.15, 0.2) is 46.7 Å². The van der Waals surface area contributed by atoms with Crippen molar-refractivity contribution in [2.45, 2.75) is 25.9 Å². The van der Waals surface area contributed by atoms with Gasteiger partial charge in [-0.1, -0.05) is 11.3 Å². The summed E-state index contributed by atoms with van der Waals surface area (Å²) in [5, 5.41) is 9.62. The van der Waals surface area contributed by atoms with Gasteiger partial charge in [-0.15, -0.1) is 0 Å². The number of hydrogen-bond acceptors (Lipinski definition) is 7. The molecule has 1 saturated heterocycles. The van der Waals surface area contributed by atoms with Gasteiger partial charge in [0.25, 0.3) is 11.8 Å². The summed E-state index contributed by atoms with van der Waals surface area (Å²) in [4.78, 5) is 27.3. The molecule has 8 nitrogen and oxygen atoms in total. The van der Waals surface area contributed by atoms with Gasteiger partial charge in [-0.25, -0.2) is 9.91 Å². The second-order valence-corrected chi connectivity index (χ2v) is 6.87. The summed E-state index contributed by atoms with van der Waals surface area (Å²) in [5.74, 6) is 0.375. The number of aryl methyl sites for hydroxylation is 2. The molecule has 144 valence electrons. The predicted molar refractivity (Wildman–Crippen MR) is 103 cm³/mol. The molecule has 2 heterocycles. The Balaban J connectivity index is 1.72. The van der Waals surface area contributed by atoms with Crippen LogP contribution in [0.4, 0.5) is 11.4 Å². The molecular weight excluding hydrogens is 360 g/mol. The number of fused-ring (bicyclic) bond motifs is 1. The van der Waals surface area contributed by atoms with E-state index in [1.807, 2.05) is 32.0 Å². The zero-order valence-electron chi connectivity index (χ0n) is 16.0. The molecule has 0 spiro atoms. The first-order valence-corrected chi connectivity index (χ1v) is 8.82. The van der Waals surface area contributed by atoms with Crippen LogP contribution < -0.4 is 19.4 Å². The van der Waals surface area contributed by atoms with Gasteiger partial charge in [0, 0.05) is 18.2 Å². The maximum Gasteiger partial charge on any atom is 0.263 e. The fraction of sp³-hybridized carbons (Fsp3) is 0.300. The van der Waals surface area contributed by atoms with Crippen molar-refractivity contribution in [1.82, 2.24) is 0 Å². The molecule has 2 aromatic carbocycles. The van der Waals surface area contributed by atoms with Crippen molar-refractivity contribution in [3.05, 3.63) is 47.5 Å². The third-order valence-corrected chi connectivity index (χ3v) is 4.85. The molecule has 0 unspecified atom stereocenters. The number of ether oxygens (including phenoxy) is 2. The number of amides is 2. The summed E-state index contributed by atoms with van der Waals surface area (Å²) >= 11 is 0. The minimum atomic E-state index is -0.870. The lowest BCUT2D eigenvalue weighted by atomic mass is 10.1. The second-order valence-electron chi connectivity index (χ2n) is 6.87. The van der Waals surface area contributed by atoms with E-state index >= 15 is 0 Å². The summed E-state index contributed by atoms with van der Waals surface area (Å²) in [6.45, 7) is 3.85. The van der Waals surface area contributed by atoms with Crippen LogP contribution in [0.25, 0.3) is 0 Å². The number of benzene rings is 2. The first kappa shape index (κ1) is 18.0. The fourth-order valence-electron chi connectivity index (χ4n) is 3.63. The SMILES string of the molecule is COc1cc(OC)cc(N2N=N[C@H]3C(=O)N(c4cc(C)cc(C)c4)C(=O)[C@@H]32)c1. The van der Waals surface area contributed by atoms with Gasteiger partial charge in [-0.2, -0.15) is 5.11 Å². The van der Waals surface area contributed by atoms with Crippen LogP contribution >= 0.6 is 0 Å². The van der Waals surface area contributed by atoms with E-state index < -0.39 is 12.1 Å². The number of methoxy groups -OCH3 is 2. The van der Waals surface area contributed by atoms with Gasteiger partial charge in [0.15, 0.2) is 12.1 Å². The Bertz CT molecular complexity index is 961. The molecule has 2 amide bonds. The Labute approximate surface area is 162 Å². The highest BCUT2D eigenvalue weighted by Gasteiger charge is 2.55. The van der Waals surface area contributed by atoms with Crippen LogP contribution in [0.5, 0.6) is 11.5 Å². The zero-order chi connectivity index (χ0) is 20.0. The number of imide groups is 1. The van der Waals surface area contributed by atoms with Crippen LogP contribution in [0.1, 0.15) is 11.1 Å². The van der Waals surface area contributed by atoms with Gasteiger partial charge in [-0.3, -0.25) is 9.59 Å². The van der Waals surface area contributed by atoms with E-state index in [0.29, 0.717) is 22.9 Å². The largest absolute Gasteiger partial charge is 0.497 e. The fourth-order valence-corrected chi connectivity index (χ4v) is 3.63. The lowest BCUT2D eigenvalue weighted by molar-refractivity contribution is -0.121. The quantitative estimate of drug-likeness (QED) is 0.762. The standard InChI is InChI=1S/C20H20N4O4/c1-11-5-12(2)7-13(6-11)23-19(25)17-18(20(23)26)24(22-21-17)14-8-15(27-3)10-16(9-14)28-4/h5-10,17-18H,1-4H3/t17-,18-/m1/s1. The Morgan fingerprint density at radius 2 is 1.43 bits per heavy atom. The van der Waals surface area contributed by atoms with Gasteiger partial charge in [0.2, 0.25) is 0 Å². The lowest BCUT2D eigenvalue weighted by Gasteiger charge is -2.22. The third kappa shape index (κ3) is 2.77. The second kappa shape index (κ2) is 6.63. The molecule has 28 heavy (non-hydrogen) atoms. The van der Waals surface area contributed by atoms with Crippen LogP contribution in [-0.4, -0.2) is 38.1 Å². The first-order valence-electron chi connectivity index (χ1n) is 8.82. The van der Waals surface area contributed by atoms with Crippen LogP contribution in [0, 0.1) is 13.8 Å². The molecule has 8 heteroatoms. The smallest absolute Gasteiger partial charge is 0.263 e. The Kier molecular flexibility index (Phi) is 4.26. The normalized spacial score (nSPS) is 20.7. The average Bonchev–Trinajstić information content (AvgIpc) is 3.21. The number of nitrogens with zero attached hydrogens (tertiary/aromatic N) is 4. The molecule has 0 bridgehead atoms. The van der Waals surface area contributed by atoms with E-state index in [2.05, 4.69) is 10.3 Å². The van der Waals surface area contributed by atoms with Gasteiger partial charge in [-0.05, 0) is 37.1 Å². The van der Waals surface area contributed by atoms with Crippen molar-refractivity contribution in [1.29, 1.82) is 0 Å². The van der Waals surface area contributed by atoms with Crippen molar-refractivity contribution < 1.29 is 19.1 Å². The highest BCUT2D eigenvalue weighted by molar-refractivity contribution is 6.26. The molecule has 0 N–H and O–H groups in total. The lowest BCUT2D eigenvalue weighted by Crippen LogP contribution is -2.40. The van der Waals surface area contributed by atoms with E-state index in [4.69, 9.17) is 9.47 Å². The molecule has 0 radical (unpaired) electrons. The minimum absolute atomic E-state index is 0.355. The Morgan fingerprint density at radius 3 is 2.00 bits per heavy atom. The summed E-state index contributed by atoms with van der Waals surface area (Å²) in [7, 11) is 3.08. The summed E-state index contributed by atoms with van der Waals surface area (Å²) < 4.78 is 10.6. The number of rotatable bonds is 4. The zero-order valence-corrected chi connectivity index (χ0v) is 16.0. The van der Waals surface area contributed by atoms with E-state index in [0.717, 1.165) is 11.1 Å². The maximum atomic E-state index is 13.2. The molecular formula is C20H20N4O4. The molecule has 0 saturated carbocycles. The molecule has 2 aliphatic heterocycles. The first-order chi connectivity index (χ1) is 13.4. The van der Waals surface area contributed by atoms with Gasteiger partial charge < -0.3 is 9.47 Å². The number of carbonyl (C=O) groups excluding carboxylic acids is 2. The topological polar surface area (TPSA) is 83.8 Å². The predicted octanol–water partition coefficient (Wildman–Crippen LogP) is 2.82. The van der Waals surface area contributed by atoms with E-state index in [1.165, 1.54) is 9.91 Å². The van der Waals surface area contributed by atoms with Crippen molar-refractivity contribution in [3.63, 3.8) is 0 Å². The Hall–Kier alpha value is -3.42. The van der Waals surface area contributed by atoms with Crippen molar-refractivity contribution in [2.24, 2.45) is 10.3 Å². The molecule has 1 fully saturated rings. The van der Waals surface area contributed by atoms with E-state index in [-0.39, 0.29) is 11.8 Å². The van der Waals surface area contributed by atoms with E-state index in [1.54, 1.807) is 32.4 Å². The van der Waals surface area contributed by atoms with E-state index in [9.17, 15) is 9.59 Å². The third-order valence-electron chi connectivity index (χ3n) is 4.85. The van der Waals surface area contributed by atoms with Crippen molar-refractivity contribution in [2.75, 3.05) is 24.1 Å². The number of anilines is 2. The number of carbonyl (C=O) groups is 2. The molecule has 2 atom stereocenters. The molecule has 2 aliphatic rings. The summed E-state index contributed by atoms with van der Waals surface area (Å²) in [5.41, 5.74) is 3.07. The monoisotopic (exact) mass is 380 g/mol. The molecule has 2 aromatic rings. The van der Waals surface area contributed by atoms with Crippen LogP contribution in [0.3, 0.4) is 0 Å². The van der Waals surface area contributed by atoms with Gasteiger partial charge >= 0.3 is 0 Å².